The van der Waals surface area contributed by atoms with Crippen LogP contribution < -0.4 is 9.47 Å². The normalized spacial score (nSPS) is 12.8. The molecule has 1 aromatic heterocycles. The second-order valence-electron chi connectivity index (χ2n) is 3.17. The zero-order chi connectivity index (χ0) is 11.0. The molecule has 80 valence electrons. The van der Waals surface area contributed by atoms with E-state index in [1.54, 1.807) is 6.07 Å². The van der Waals surface area contributed by atoms with Crippen molar-refractivity contribution in [3.63, 3.8) is 0 Å². The van der Waals surface area contributed by atoms with E-state index in [4.69, 9.17) is 21.1 Å². The summed E-state index contributed by atoms with van der Waals surface area (Å²) in [4.78, 5) is 4.06. The van der Waals surface area contributed by atoms with Crippen LogP contribution in [0.25, 0.3) is 11.4 Å². The highest BCUT2D eigenvalue weighted by atomic mass is 35.5. The van der Waals surface area contributed by atoms with E-state index in [1.165, 1.54) is 6.20 Å². The summed E-state index contributed by atoms with van der Waals surface area (Å²) >= 11 is 5.74. The molecule has 1 aliphatic rings. The van der Waals surface area contributed by atoms with Crippen molar-refractivity contribution < 1.29 is 9.47 Å². The minimum Gasteiger partial charge on any atom is -0.454 e. The van der Waals surface area contributed by atoms with Crippen molar-refractivity contribution in [2.75, 3.05) is 6.79 Å². The number of aromatic nitrogens is 3. The summed E-state index contributed by atoms with van der Waals surface area (Å²) in [6, 6.07) is 5.44. The Hall–Kier alpha value is -1.88. The molecule has 0 saturated carbocycles. The van der Waals surface area contributed by atoms with E-state index in [0.717, 1.165) is 11.3 Å². The molecule has 16 heavy (non-hydrogen) atoms. The van der Waals surface area contributed by atoms with Crippen LogP contribution in [0.2, 0.25) is 5.15 Å². The van der Waals surface area contributed by atoms with Gasteiger partial charge in [-0.3, -0.25) is 0 Å². The third-order valence-electron chi connectivity index (χ3n) is 2.16. The van der Waals surface area contributed by atoms with E-state index in [2.05, 4.69) is 15.2 Å². The molecule has 0 N–H and O–H groups in total. The number of hydrogen-bond acceptors (Lipinski definition) is 5. The molecule has 5 nitrogen and oxygen atoms in total. The van der Waals surface area contributed by atoms with Crippen LogP contribution in [0.15, 0.2) is 24.4 Å². The summed E-state index contributed by atoms with van der Waals surface area (Å²) in [5, 5.41) is 7.94. The van der Waals surface area contributed by atoms with Gasteiger partial charge >= 0.3 is 0 Å². The number of rotatable bonds is 1. The molecule has 2 aromatic rings. The van der Waals surface area contributed by atoms with Crippen molar-refractivity contribution in [1.82, 2.24) is 15.2 Å². The maximum atomic E-state index is 5.74. The highest BCUT2D eigenvalue weighted by Gasteiger charge is 2.14. The quantitative estimate of drug-likeness (QED) is 0.756. The maximum absolute atomic E-state index is 5.74. The van der Waals surface area contributed by atoms with Gasteiger partial charge in [0, 0.05) is 5.56 Å². The van der Waals surface area contributed by atoms with Crippen LogP contribution in [0.5, 0.6) is 11.5 Å². The first-order valence-corrected chi connectivity index (χ1v) is 4.96. The lowest BCUT2D eigenvalue weighted by atomic mass is 10.2. The molecule has 0 radical (unpaired) electrons. The van der Waals surface area contributed by atoms with Crippen molar-refractivity contribution in [2.45, 2.75) is 0 Å². The van der Waals surface area contributed by atoms with Gasteiger partial charge in [-0.2, -0.15) is 5.10 Å². The SMILES string of the molecule is Clc1cnnc(-c2ccc3c(c2)OCO3)n1. The number of benzene rings is 1. The highest BCUT2D eigenvalue weighted by molar-refractivity contribution is 6.29. The number of nitrogens with zero attached hydrogens (tertiary/aromatic N) is 3. The predicted molar refractivity (Wildman–Crippen MR) is 56.4 cm³/mol. The molecule has 0 aliphatic carbocycles. The minimum absolute atomic E-state index is 0.243. The van der Waals surface area contributed by atoms with Gasteiger partial charge in [0.25, 0.3) is 0 Å². The molecule has 1 aliphatic heterocycles. The fraction of sp³-hybridized carbons (Fsp3) is 0.100. The summed E-state index contributed by atoms with van der Waals surface area (Å²) < 4.78 is 10.5. The van der Waals surface area contributed by atoms with Gasteiger partial charge in [-0.15, -0.1) is 5.10 Å². The Morgan fingerprint density at radius 2 is 2.06 bits per heavy atom. The van der Waals surface area contributed by atoms with Gasteiger partial charge < -0.3 is 9.47 Å². The van der Waals surface area contributed by atoms with Gasteiger partial charge in [-0.25, -0.2) is 4.98 Å². The number of fused-ring (bicyclic) bond motifs is 1. The lowest BCUT2D eigenvalue weighted by Crippen LogP contribution is -1.93. The van der Waals surface area contributed by atoms with E-state index in [0.29, 0.717) is 16.7 Å². The summed E-state index contributed by atoms with van der Waals surface area (Å²) in [5.41, 5.74) is 0.791. The second kappa shape index (κ2) is 3.61. The molecule has 0 spiro atoms. The summed E-state index contributed by atoms with van der Waals surface area (Å²) in [7, 11) is 0. The summed E-state index contributed by atoms with van der Waals surface area (Å²) in [6.45, 7) is 0.243. The third kappa shape index (κ3) is 1.55. The Morgan fingerprint density at radius 3 is 2.94 bits per heavy atom. The number of ether oxygens (including phenoxy) is 2. The first-order chi connectivity index (χ1) is 7.83. The van der Waals surface area contributed by atoms with E-state index < -0.39 is 0 Å². The molecule has 0 saturated heterocycles. The Kier molecular flexibility index (Phi) is 2.11. The molecular formula is C10H6ClN3O2. The number of halogens is 1. The zero-order valence-electron chi connectivity index (χ0n) is 8.05. The highest BCUT2D eigenvalue weighted by Crippen LogP contribution is 2.34. The molecule has 0 unspecified atom stereocenters. The van der Waals surface area contributed by atoms with Crippen LogP contribution in [0, 0.1) is 0 Å². The van der Waals surface area contributed by atoms with Crippen LogP contribution in [-0.2, 0) is 0 Å². The Labute approximate surface area is 96.0 Å². The van der Waals surface area contributed by atoms with E-state index in [9.17, 15) is 0 Å². The molecule has 1 aromatic carbocycles. The van der Waals surface area contributed by atoms with Gasteiger partial charge in [-0.05, 0) is 18.2 Å². The van der Waals surface area contributed by atoms with Crippen molar-refractivity contribution >= 4 is 11.6 Å². The van der Waals surface area contributed by atoms with Crippen molar-refractivity contribution in [2.24, 2.45) is 0 Å². The standard InChI is InChI=1S/C10H6ClN3O2/c11-9-4-12-14-10(13-9)6-1-2-7-8(3-6)16-5-15-7/h1-4H,5H2. The van der Waals surface area contributed by atoms with Crippen LogP contribution in [0.3, 0.4) is 0 Å². The van der Waals surface area contributed by atoms with Gasteiger partial charge in [0.2, 0.25) is 6.79 Å². The summed E-state index contributed by atoms with van der Waals surface area (Å²) in [6.07, 6.45) is 1.39. The van der Waals surface area contributed by atoms with Gasteiger partial charge in [0.15, 0.2) is 22.5 Å². The molecule has 2 heterocycles. The van der Waals surface area contributed by atoms with Crippen LogP contribution in [0.4, 0.5) is 0 Å². The average Bonchev–Trinajstić information content (AvgIpc) is 2.75. The topological polar surface area (TPSA) is 57.1 Å². The lowest BCUT2D eigenvalue weighted by Gasteiger charge is -2.00. The van der Waals surface area contributed by atoms with Gasteiger partial charge in [0.05, 0.1) is 6.20 Å². The van der Waals surface area contributed by atoms with E-state index >= 15 is 0 Å². The summed E-state index contributed by atoms with van der Waals surface area (Å²) in [5.74, 6) is 1.87. The molecule has 0 fully saturated rings. The van der Waals surface area contributed by atoms with Crippen molar-refractivity contribution in [3.05, 3.63) is 29.5 Å². The second-order valence-corrected chi connectivity index (χ2v) is 3.56. The molecule has 6 heteroatoms. The lowest BCUT2D eigenvalue weighted by molar-refractivity contribution is 0.174. The Bertz CT molecular complexity index is 547. The van der Waals surface area contributed by atoms with E-state index in [1.807, 2.05) is 12.1 Å². The fourth-order valence-electron chi connectivity index (χ4n) is 1.44. The third-order valence-corrected chi connectivity index (χ3v) is 2.34. The molecular weight excluding hydrogens is 230 g/mol. The smallest absolute Gasteiger partial charge is 0.231 e. The average molecular weight is 236 g/mol. The van der Waals surface area contributed by atoms with Gasteiger partial charge in [0.1, 0.15) is 0 Å². The molecule has 0 bridgehead atoms. The Morgan fingerprint density at radius 1 is 1.19 bits per heavy atom. The fourth-order valence-corrected chi connectivity index (χ4v) is 1.57. The monoisotopic (exact) mass is 235 g/mol. The van der Waals surface area contributed by atoms with Crippen LogP contribution >= 0.6 is 11.6 Å². The Balaban J connectivity index is 2.07. The van der Waals surface area contributed by atoms with Crippen molar-refractivity contribution in [3.8, 4) is 22.9 Å². The van der Waals surface area contributed by atoms with Crippen LogP contribution in [-0.4, -0.2) is 22.0 Å². The van der Waals surface area contributed by atoms with Crippen molar-refractivity contribution in [1.29, 1.82) is 0 Å². The maximum Gasteiger partial charge on any atom is 0.231 e. The molecule has 3 rings (SSSR count). The molecule has 0 amide bonds. The van der Waals surface area contributed by atoms with Crippen LogP contribution in [0.1, 0.15) is 0 Å². The van der Waals surface area contributed by atoms with Gasteiger partial charge in [-0.1, -0.05) is 11.6 Å². The zero-order valence-corrected chi connectivity index (χ0v) is 8.81. The predicted octanol–water partition coefficient (Wildman–Crippen LogP) is 1.92. The minimum atomic E-state index is 0.243. The largest absolute Gasteiger partial charge is 0.454 e. The number of hydrogen-bond donors (Lipinski definition) is 0. The first-order valence-electron chi connectivity index (χ1n) is 4.58. The van der Waals surface area contributed by atoms with E-state index in [-0.39, 0.29) is 6.79 Å². The first kappa shape index (κ1) is 9.35. The molecule has 0 atom stereocenters.